The summed E-state index contributed by atoms with van der Waals surface area (Å²) < 4.78 is 38.5. The second-order valence-corrected chi connectivity index (χ2v) is 12.6. The average Bonchev–Trinajstić information content (AvgIpc) is 3.07. The number of hydrogen-bond donors (Lipinski definition) is 13. The highest BCUT2D eigenvalue weighted by Gasteiger charge is 2.55. The molecule has 0 aromatic carbocycles. The van der Waals surface area contributed by atoms with Crippen LogP contribution in [0, 0.1) is 0 Å². The molecule has 13 N–H and O–H groups in total. The highest BCUT2D eigenvalue weighted by atomic mass is 16.8. The molecule has 4 heterocycles. The molecular weight excluding hydrogens is 700 g/mol. The number of carboxylic acids is 1. The monoisotopic (exact) mass is 746 g/mol. The number of carbonyl (C=O) groups is 3. The summed E-state index contributed by atoms with van der Waals surface area (Å²) in [7, 11) is 0. The Balaban J connectivity index is 1.49. The zero-order valence-electron chi connectivity index (χ0n) is 27.4. The van der Waals surface area contributed by atoms with Crippen molar-refractivity contribution in [3.63, 3.8) is 0 Å². The number of aliphatic hydroxyl groups is 10. The van der Waals surface area contributed by atoms with Gasteiger partial charge in [0.05, 0.1) is 38.6 Å². The molecule has 4 saturated heterocycles. The van der Waals surface area contributed by atoms with Crippen LogP contribution in [0.5, 0.6) is 0 Å². The fraction of sp³-hybridized carbons (Fsp3) is 0.893. The van der Waals surface area contributed by atoms with Crippen LogP contribution in [0.4, 0.5) is 0 Å². The number of carbonyl (C=O) groups excluding carboxylic acids is 2. The zero-order valence-corrected chi connectivity index (χ0v) is 27.4. The molecule has 294 valence electrons. The molecule has 0 aromatic rings. The predicted molar refractivity (Wildman–Crippen MR) is 156 cm³/mol. The molecule has 0 radical (unpaired) electrons. The molecule has 4 rings (SSSR count). The minimum atomic E-state index is -2.50. The van der Waals surface area contributed by atoms with Crippen LogP contribution in [-0.2, 0) is 47.5 Å². The van der Waals surface area contributed by atoms with Gasteiger partial charge in [0, 0.05) is 20.3 Å². The van der Waals surface area contributed by atoms with Crippen LogP contribution in [-0.4, -0.2) is 210 Å². The Morgan fingerprint density at radius 3 is 1.86 bits per heavy atom. The van der Waals surface area contributed by atoms with Crippen molar-refractivity contribution < 1.29 is 104 Å². The van der Waals surface area contributed by atoms with E-state index in [2.05, 4.69) is 10.6 Å². The van der Waals surface area contributed by atoms with Crippen molar-refractivity contribution in [2.24, 2.45) is 0 Å². The largest absolute Gasteiger partial charge is 0.477 e. The summed E-state index contributed by atoms with van der Waals surface area (Å²) >= 11 is 0. The zero-order chi connectivity index (χ0) is 37.9. The molecule has 23 heteroatoms. The topological polar surface area (TPSA) is 362 Å². The maximum Gasteiger partial charge on any atom is 0.364 e. The first-order valence-electron chi connectivity index (χ1n) is 15.9. The number of amides is 2. The molecule has 23 nitrogen and oxygen atoms in total. The van der Waals surface area contributed by atoms with Crippen molar-refractivity contribution in [3.05, 3.63) is 0 Å². The minimum Gasteiger partial charge on any atom is -0.477 e. The van der Waals surface area contributed by atoms with E-state index in [1.807, 2.05) is 0 Å². The molecule has 0 aliphatic carbocycles. The van der Waals surface area contributed by atoms with Gasteiger partial charge in [-0.2, -0.15) is 0 Å². The van der Waals surface area contributed by atoms with Gasteiger partial charge in [-0.05, 0) is 0 Å². The highest BCUT2D eigenvalue weighted by molar-refractivity contribution is 5.76. The molecule has 0 saturated carbocycles. The lowest BCUT2D eigenvalue weighted by molar-refractivity contribution is -0.371. The molecule has 2 amide bonds. The Morgan fingerprint density at radius 2 is 1.29 bits per heavy atom. The third kappa shape index (κ3) is 9.10. The van der Waals surface area contributed by atoms with Gasteiger partial charge in [-0.3, -0.25) is 9.59 Å². The van der Waals surface area contributed by atoms with Crippen molar-refractivity contribution in [2.75, 3.05) is 26.4 Å². The third-order valence-corrected chi connectivity index (χ3v) is 8.95. The van der Waals surface area contributed by atoms with Gasteiger partial charge in [0.25, 0.3) is 5.79 Å². The van der Waals surface area contributed by atoms with Crippen LogP contribution < -0.4 is 10.6 Å². The van der Waals surface area contributed by atoms with E-state index in [9.17, 15) is 70.6 Å². The van der Waals surface area contributed by atoms with Crippen molar-refractivity contribution in [2.45, 2.75) is 130 Å². The van der Waals surface area contributed by atoms with E-state index in [0.717, 1.165) is 6.92 Å². The number of ether oxygens (including phenoxy) is 7. The Labute approximate surface area is 289 Å². The normalized spacial score (nSPS) is 46.2. The quantitative estimate of drug-likeness (QED) is 0.0881. The summed E-state index contributed by atoms with van der Waals surface area (Å²) in [6, 6.07) is -2.57. The first-order chi connectivity index (χ1) is 23.9. The van der Waals surface area contributed by atoms with Crippen molar-refractivity contribution in [3.8, 4) is 0 Å². The van der Waals surface area contributed by atoms with Gasteiger partial charge in [-0.1, -0.05) is 0 Å². The number of hydrogen-bond acceptors (Lipinski definition) is 20. The Morgan fingerprint density at radius 1 is 0.706 bits per heavy atom. The van der Waals surface area contributed by atoms with E-state index in [0.29, 0.717) is 0 Å². The number of aliphatic carboxylic acids is 1. The van der Waals surface area contributed by atoms with E-state index in [-0.39, 0.29) is 0 Å². The Kier molecular flexibility index (Phi) is 14.0. The molecular formula is C28H46N2O21. The number of rotatable bonds is 12. The molecule has 4 aliphatic rings. The van der Waals surface area contributed by atoms with Crippen LogP contribution >= 0.6 is 0 Å². The van der Waals surface area contributed by atoms with Gasteiger partial charge in [0.2, 0.25) is 11.8 Å². The number of nitrogens with one attached hydrogen (secondary N) is 2. The maximum atomic E-state index is 12.2. The molecule has 0 bridgehead atoms. The fourth-order valence-electron chi connectivity index (χ4n) is 6.17. The molecule has 0 spiro atoms. The first kappa shape index (κ1) is 41.5. The van der Waals surface area contributed by atoms with E-state index < -0.39 is 161 Å². The summed E-state index contributed by atoms with van der Waals surface area (Å²) in [5.74, 6) is -5.45. The van der Waals surface area contributed by atoms with E-state index in [1.165, 1.54) is 6.92 Å². The average molecular weight is 747 g/mol. The Hall–Kier alpha value is -2.27. The van der Waals surface area contributed by atoms with Crippen molar-refractivity contribution in [1.82, 2.24) is 10.6 Å². The second kappa shape index (κ2) is 17.3. The summed E-state index contributed by atoms with van der Waals surface area (Å²) in [6.07, 6.45) is -27.4. The number of aliphatic hydroxyl groups excluding tert-OH is 10. The van der Waals surface area contributed by atoms with Crippen molar-refractivity contribution in [1.29, 1.82) is 0 Å². The summed E-state index contributed by atoms with van der Waals surface area (Å²) in [5.41, 5.74) is 0. The molecule has 4 fully saturated rings. The molecule has 51 heavy (non-hydrogen) atoms. The van der Waals surface area contributed by atoms with Crippen molar-refractivity contribution >= 4 is 17.8 Å². The fourth-order valence-corrected chi connectivity index (χ4v) is 6.17. The van der Waals surface area contributed by atoms with Gasteiger partial charge in [-0.25, -0.2) is 4.79 Å². The smallest absolute Gasteiger partial charge is 0.364 e. The van der Waals surface area contributed by atoms with Gasteiger partial charge < -0.3 is 100.0 Å². The van der Waals surface area contributed by atoms with Gasteiger partial charge >= 0.3 is 5.97 Å². The Bertz CT molecular complexity index is 1200. The lowest BCUT2D eigenvalue weighted by Crippen LogP contribution is -2.69. The van der Waals surface area contributed by atoms with Gasteiger partial charge in [0.1, 0.15) is 73.2 Å². The summed E-state index contributed by atoms with van der Waals surface area (Å²) in [5, 5.41) is 119. The number of carboxylic acid groups (broad SMARTS) is 1. The van der Waals surface area contributed by atoms with Crippen LogP contribution in [0.15, 0.2) is 0 Å². The minimum absolute atomic E-state index is 0.480. The van der Waals surface area contributed by atoms with Crippen LogP contribution in [0.3, 0.4) is 0 Å². The van der Waals surface area contributed by atoms with E-state index in [4.69, 9.17) is 33.2 Å². The van der Waals surface area contributed by atoms with Crippen LogP contribution in [0.2, 0.25) is 0 Å². The van der Waals surface area contributed by atoms with E-state index >= 15 is 0 Å². The first-order valence-corrected chi connectivity index (χ1v) is 15.9. The summed E-state index contributed by atoms with van der Waals surface area (Å²) in [4.78, 5) is 35.7. The lowest BCUT2D eigenvalue weighted by Gasteiger charge is -2.49. The lowest BCUT2D eigenvalue weighted by atomic mass is 9.94. The maximum absolute atomic E-state index is 12.2. The predicted octanol–water partition coefficient (Wildman–Crippen LogP) is -8.34. The van der Waals surface area contributed by atoms with Crippen LogP contribution in [0.1, 0.15) is 20.3 Å². The van der Waals surface area contributed by atoms with Gasteiger partial charge in [-0.15, -0.1) is 0 Å². The molecule has 4 aliphatic heterocycles. The van der Waals surface area contributed by atoms with E-state index in [1.54, 1.807) is 0 Å². The van der Waals surface area contributed by atoms with Gasteiger partial charge in [0.15, 0.2) is 18.9 Å². The third-order valence-electron chi connectivity index (χ3n) is 8.95. The molecule has 7 unspecified atom stereocenters. The summed E-state index contributed by atoms with van der Waals surface area (Å²) in [6.45, 7) is -0.798. The second-order valence-electron chi connectivity index (χ2n) is 12.6. The SMILES string of the molecule is CC(=O)NC1C(O)[C@H](O[C@@H]2OC(CO[C@]3(C(=O)O)C[C@@H](O)[C@@H](NC(C)=O)CO3)[C@H](O)[C@H](O)C2O)C(CO)O[C@H]1OC1C(O)[C@H](O)[C@@H](CO)O[C@@H]1O. The molecule has 0 aromatic heterocycles. The highest BCUT2D eigenvalue weighted by Crippen LogP contribution is 2.34. The standard InChI is InChI=1S/C28H46N2O21/c1-8(33)29-10-6-45-28(27(43)44,3-11(10)35)46-7-14-17(37)19(39)21(41)26(49-14)50-22-13(5-32)48-25(15(18(22)38)30-9(2)34)51-23-20(40)16(36)12(4-31)47-24(23)42/h10-26,31-32,35-42H,3-7H2,1-2H3,(H,29,33)(H,30,34)(H,43,44)/t10-,11+,12+,13?,14?,15?,16+,17-,18?,19-,20?,21?,22+,23?,24-,25-,26-,28-/m0/s1. The van der Waals surface area contributed by atoms with Crippen LogP contribution in [0.25, 0.3) is 0 Å². The molecule has 18 atom stereocenters.